The molecule has 2 saturated carbocycles. The van der Waals surface area contributed by atoms with Gasteiger partial charge in [0.1, 0.15) is 0 Å². The van der Waals surface area contributed by atoms with Crippen molar-refractivity contribution >= 4 is 0 Å². The Balaban J connectivity index is 1.64. The van der Waals surface area contributed by atoms with Gasteiger partial charge in [-0.2, -0.15) is 0 Å². The van der Waals surface area contributed by atoms with Crippen LogP contribution in [0.5, 0.6) is 0 Å². The molecule has 2 rings (SSSR count). The highest BCUT2D eigenvalue weighted by atomic mass is 14.2. The van der Waals surface area contributed by atoms with Crippen LogP contribution in [0.2, 0.25) is 0 Å². The zero-order valence-corrected chi connectivity index (χ0v) is 15.9. The normalized spacial score (nSPS) is 30.2. The standard InChI is InChI=1S/C24H36/c1-3-9-21-13-17-23(18-14-21)11-7-5-6-8-12-24-19-15-22(10-4-2)16-20-24/h5-6,21-24H,3-4,9-10,13-20H2,1-2H3/b6-5+/t21-,22-,23-,24-. The van der Waals surface area contributed by atoms with Crippen LogP contribution in [0.1, 0.15) is 90.9 Å². The van der Waals surface area contributed by atoms with E-state index in [9.17, 15) is 0 Å². The quantitative estimate of drug-likeness (QED) is 0.501. The molecule has 0 heteroatoms. The number of allylic oxidation sites excluding steroid dienone is 2. The van der Waals surface area contributed by atoms with Gasteiger partial charge in [-0.05, 0) is 75.4 Å². The summed E-state index contributed by atoms with van der Waals surface area (Å²) in [4.78, 5) is 0. The molecule has 0 radical (unpaired) electrons. The third kappa shape index (κ3) is 7.18. The first kappa shape index (κ1) is 19.2. The molecule has 0 heterocycles. The average molecular weight is 325 g/mol. The highest BCUT2D eigenvalue weighted by Gasteiger charge is 2.19. The summed E-state index contributed by atoms with van der Waals surface area (Å²) < 4.78 is 0. The molecule has 0 aromatic heterocycles. The minimum absolute atomic E-state index is 0.629. The van der Waals surface area contributed by atoms with E-state index in [-0.39, 0.29) is 0 Å². The summed E-state index contributed by atoms with van der Waals surface area (Å²) >= 11 is 0. The molecule has 0 amide bonds. The molecule has 2 aliphatic rings. The maximum Gasteiger partial charge on any atom is 0.0206 e. The molecule has 0 aliphatic heterocycles. The molecular formula is C24H36. The third-order valence-corrected chi connectivity index (χ3v) is 5.91. The Morgan fingerprint density at radius 1 is 0.625 bits per heavy atom. The van der Waals surface area contributed by atoms with E-state index >= 15 is 0 Å². The van der Waals surface area contributed by atoms with Gasteiger partial charge in [0.2, 0.25) is 0 Å². The van der Waals surface area contributed by atoms with E-state index in [4.69, 9.17) is 0 Å². The predicted molar refractivity (Wildman–Crippen MR) is 105 cm³/mol. The van der Waals surface area contributed by atoms with Crippen LogP contribution in [-0.2, 0) is 0 Å². The van der Waals surface area contributed by atoms with Crippen molar-refractivity contribution in [3.05, 3.63) is 12.2 Å². The molecule has 132 valence electrons. The van der Waals surface area contributed by atoms with Crippen molar-refractivity contribution in [2.75, 3.05) is 0 Å². The predicted octanol–water partition coefficient (Wildman–Crippen LogP) is 6.76. The van der Waals surface area contributed by atoms with Crippen LogP contribution in [0.25, 0.3) is 0 Å². The zero-order chi connectivity index (χ0) is 17.0. The number of hydrogen-bond acceptors (Lipinski definition) is 0. The van der Waals surface area contributed by atoms with Gasteiger partial charge in [-0.1, -0.05) is 63.2 Å². The Morgan fingerprint density at radius 2 is 1.00 bits per heavy atom. The van der Waals surface area contributed by atoms with E-state index in [1.54, 1.807) is 0 Å². The van der Waals surface area contributed by atoms with Gasteiger partial charge >= 0.3 is 0 Å². The summed E-state index contributed by atoms with van der Waals surface area (Å²) in [5.74, 6) is 16.5. The summed E-state index contributed by atoms with van der Waals surface area (Å²) in [6.45, 7) is 4.60. The highest BCUT2D eigenvalue weighted by molar-refractivity contribution is 5.26. The van der Waals surface area contributed by atoms with E-state index in [1.807, 2.05) is 12.2 Å². The van der Waals surface area contributed by atoms with Crippen LogP contribution in [-0.4, -0.2) is 0 Å². The van der Waals surface area contributed by atoms with Gasteiger partial charge in [0, 0.05) is 11.8 Å². The second-order valence-electron chi connectivity index (χ2n) is 7.92. The maximum atomic E-state index is 3.44. The van der Waals surface area contributed by atoms with Crippen molar-refractivity contribution < 1.29 is 0 Å². The Bertz CT molecular complexity index is 428. The van der Waals surface area contributed by atoms with E-state index in [0.717, 1.165) is 11.8 Å². The fourth-order valence-corrected chi connectivity index (χ4v) is 4.42. The molecule has 2 aliphatic carbocycles. The fraction of sp³-hybridized carbons (Fsp3) is 0.750. The fourth-order valence-electron chi connectivity index (χ4n) is 4.42. The average Bonchev–Trinajstić information content (AvgIpc) is 2.61. The zero-order valence-electron chi connectivity index (χ0n) is 15.9. The maximum absolute atomic E-state index is 3.44. The van der Waals surface area contributed by atoms with Crippen LogP contribution in [0, 0.1) is 47.4 Å². The van der Waals surface area contributed by atoms with Crippen molar-refractivity contribution in [3.8, 4) is 23.7 Å². The molecular weight excluding hydrogens is 288 g/mol. The van der Waals surface area contributed by atoms with Crippen molar-refractivity contribution in [1.29, 1.82) is 0 Å². The first-order valence-corrected chi connectivity index (χ1v) is 10.5. The Labute approximate surface area is 150 Å². The Kier molecular flexibility index (Phi) is 9.13. The van der Waals surface area contributed by atoms with Gasteiger partial charge in [0.05, 0.1) is 0 Å². The topological polar surface area (TPSA) is 0 Å². The first-order chi connectivity index (χ1) is 11.8. The largest absolute Gasteiger partial charge is 0.0951 e. The third-order valence-electron chi connectivity index (χ3n) is 5.91. The second-order valence-corrected chi connectivity index (χ2v) is 7.92. The smallest absolute Gasteiger partial charge is 0.0206 e. The van der Waals surface area contributed by atoms with Crippen molar-refractivity contribution in [1.82, 2.24) is 0 Å². The lowest BCUT2D eigenvalue weighted by Crippen LogP contribution is -2.13. The summed E-state index contributed by atoms with van der Waals surface area (Å²) in [6.07, 6.45) is 20.2. The minimum Gasteiger partial charge on any atom is -0.0951 e. The molecule has 0 aromatic rings. The molecule has 0 saturated heterocycles. The first-order valence-electron chi connectivity index (χ1n) is 10.5. The highest BCUT2D eigenvalue weighted by Crippen LogP contribution is 2.31. The van der Waals surface area contributed by atoms with Gasteiger partial charge < -0.3 is 0 Å². The Hall–Kier alpha value is -1.14. The molecule has 0 N–H and O–H groups in total. The van der Waals surface area contributed by atoms with E-state index < -0.39 is 0 Å². The molecule has 0 unspecified atom stereocenters. The van der Waals surface area contributed by atoms with Crippen molar-refractivity contribution in [3.63, 3.8) is 0 Å². The molecule has 24 heavy (non-hydrogen) atoms. The van der Waals surface area contributed by atoms with Crippen LogP contribution in [0.15, 0.2) is 12.2 Å². The SMILES string of the molecule is CCC[C@H]1CC[C@H](C#C/C=C/C#C[C@H]2CC[C@H](CCC)CC2)CC1. The minimum atomic E-state index is 0.629. The van der Waals surface area contributed by atoms with Crippen LogP contribution < -0.4 is 0 Å². The molecule has 2 fully saturated rings. The molecule has 0 aromatic carbocycles. The lowest BCUT2D eigenvalue weighted by atomic mass is 9.80. The number of rotatable bonds is 4. The Morgan fingerprint density at radius 3 is 1.33 bits per heavy atom. The summed E-state index contributed by atoms with van der Waals surface area (Å²) in [5.41, 5.74) is 0. The summed E-state index contributed by atoms with van der Waals surface area (Å²) in [7, 11) is 0. The summed E-state index contributed by atoms with van der Waals surface area (Å²) in [6, 6.07) is 0. The van der Waals surface area contributed by atoms with E-state index in [2.05, 4.69) is 37.5 Å². The van der Waals surface area contributed by atoms with Gasteiger partial charge in [-0.15, -0.1) is 0 Å². The second kappa shape index (κ2) is 11.4. The van der Waals surface area contributed by atoms with Gasteiger partial charge in [-0.3, -0.25) is 0 Å². The van der Waals surface area contributed by atoms with Crippen molar-refractivity contribution in [2.24, 2.45) is 23.7 Å². The van der Waals surface area contributed by atoms with Gasteiger partial charge in [0.25, 0.3) is 0 Å². The molecule has 0 nitrogen and oxygen atoms in total. The molecule has 0 bridgehead atoms. The lowest BCUT2D eigenvalue weighted by molar-refractivity contribution is 0.300. The van der Waals surface area contributed by atoms with Crippen LogP contribution in [0.3, 0.4) is 0 Å². The van der Waals surface area contributed by atoms with Crippen molar-refractivity contribution in [2.45, 2.75) is 90.9 Å². The number of hydrogen-bond donors (Lipinski definition) is 0. The van der Waals surface area contributed by atoms with Gasteiger partial charge in [0.15, 0.2) is 0 Å². The summed E-state index contributed by atoms with van der Waals surface area (Å²) in [5, 5.41) is 0. The van der Waals surface area contributed by atoms with E-state index in [0.29, 0.717) is 11.8 Å². The van der Waals surface area contributed by atoms with Crippen LogP contribution >= 0.6 is 0 Å². The molecule has 0 atom stereocenters. The lowest BCUT2D eigenvalue weighted by Gasteiger charge is -2.25. The van der Waals surface area contributed by atoms with E-state index in [1.165, 1.54) is 77.0 Å². The molecule has 0 spiro atoms. The van der Waals surface area contributed by atoms with Gasteiger partial charge in [-0.25, -0.2) is 0 Å². The monoisotopic (exact) mass is 324 g/mol. The van der Waals surface area contributed by atoms with Crippen LogP contribution in [0.4, 0.5) is 0 Å².